The van der Waals surface area contributed by atoms with E-state index < -0.39 is 0 Å². The molecule has 2 atom stereocenters. The smallest absolute Gasteiger partial charge is 0.0820 e. The minimum Gasteiger partial charge on any atom is -0.312 e. The number of nitrogens with one attached hydrogen (secondary N) is 1. The molecule has 1 N–H and O–H groups in total. The van der Waals surface area contributed by atoms with Crippen molar-refractivity contribution in [1.29, 1.82) is 0 Å². The van der Waals surface area contributed by atoms with Gasteiger partial charge >= 0.3 is 0 Å². The highest BCUT2D eigenvalue weighted by atomic mass is 35.5. The first kappa shape index (κ1) is 12.9. The van der Waals surface area contributed by atoms with Crippen LogP contribution >= 0.6 is 11.6 Å². The molecule has 1 aliphatic carbocycles. The van der Waals surface area contributed by atoms with Crippen molar-refractivity contribution in [3.63, 3.8) is 0 Å². The van der Waals surface area contributed by atoms with E-state index in [1.54, 1.807) is 6.20 Å². The van der Waals surface area contributed by atoms with Gasteiger partial charge in [0, 0.05) is 18.5 Å². The number of aromatic nitrogens is 2. The van der Waals surface area contributed by atoms with E-state index >= 15 is 0 Å². The van der Waals surface area contributed by atoms with Crippen molar-refractivity contribution in [3.05, 3.63) is 16.9 Å². The molecule has 96 valence electrons. The average molecular weight is 256 g/mol. The molecule has 1 aliphatic rings. The van der Waals surface area contributed by atoms with E-state index in [0.29, 0.717) is 11.8 Å². The Morgan fingerprint density at radius 2 is 2.18 bits per heavy atom. The van der Waals surface area contributed by atoms with Gasteiger partial charge in [0.2, 0.25) is 0 Å². The largest absolute Gasteiger partial charge is 0.312 e. The molecule has 0 aromatic carbocycles. The molecule has 1 heterocycles. The van der Waals surface area contributed by atoms with Crippen LogP contribution in [-0.2, 0) is 7.05 Å². The van der Waals surface area contributed by atoms with Crippen molar-refractivity contribution in [1.82, 2.24) is 15.1 Å². The molecule has 0 radical (unpaired) electrons. The number of nitrogens with zero attached hydrogens (tertiary/aromatic N) is 2. The molecule has 2 rings (SSSR count). The van der Waals surface area contributed by atoms with Gasteiger partial charge < -0.3 is 5.32 Å². The monoisotopic (exact) mass is 255 g/mol. The normalized spacial score (nSPS) is 24.8. The van der Waals surface area contributed by atoms with E-state index in [9.17, 15) is 0 Å². The molecule has 2 unspecified atom stereocenters. The van der Waals surface area contributed by atoms with Gasteiger partial charge in [-0.2, -0.15) is 5.10 Å². The summed E-state index contributed by atoms with van der Waals surface area (Å²) >= 11 is 6.20. The van der Waals surface area contributed by atoms with Crippen LogP contribution in [0.1, 0.15) is 45.2 Å². The minimum absolute atomic E-state index is 0.191. The Balaban J connectivity index is 2.00. The molecular formula is C13H22ClN3. The summed E-state index contributed by atoms with van der Waals surface area (Å²) in [7, 11) is 1.98. The zero-order chi connectivity index (χ0) is 12.6. The summed E-state index contributed by atoms with van der Waals surface area (Å²) in [6.07, 6.45) is 4.27. The van der Waals surface area contributed by atoms with Crippen LogP contribution in [0.5, 0.6) is 0 Å². The molecule has 17 heavy (non-hydrogen) atoms. The number of aryl methyl sites for hydroxylation is 1. The van der Waals surface area contributed by atoms with Gasteiger partial charge in [-0.3, -0.25) is 4.68 Å². The molecular weight excluding hydrogens is 234 g/mol. The number of hydrogen-bond acceptors (Lipinski definition) is 2. The maximum atomic E-state index is 6.20. The van der Waals surface area contributed by atoms with E-state index in [4.69, 9.17) is 11.6 Å². The molecule has 0 amide bonds. The van der Waals surface area contributed by atoms with E-state index in [-0.39, 0.29) is 5.54 Å². The Hall–Kier alpha value is -0.540. The second-order valence-electron chi connectivity index (χ2n) is 6.08. The third-order valence-corrected chi connectivity index (χ3v) is 3.89. The summed E-state index contributed by atoms with van der Waals surface area (Å²) in [5.74, 6) is 1.27. The van der Waals surface area contributed by atoms with E-state index in [1.807, 2.05) is 11.7 Å². The summed E-state index contributed by atoms with van der Waals surface area (Å²) < 4.78 is 1.93. The van der Waals surface area contributed by atoms with Crippen molar-refractivity contribution >= 4 is 11.6 Å². The highest BCUT2D eigenvalue weighted by molar-refractivity contribution is 6.31. The van der Waals surface area contributed by atoms with Crippen molar-refractivity contribution in [3.8, 4) is 0 Å². The van der Waals surface area contributed by atoms with Crippen molar-refractivity contribution in [2.24, 2.45) is 13.0 Å². The molecule has 1 saturated carbocycles. The molecule has 1 aromatic heterocycles. The predicted octanol–water partition coefficient (Wildman–Crippen LogP) is 2.96. The second-order valence-corrected chi connectivity index (χ2v) is 6.48. The third-order valence-electron chi connectivity index (χ3n) is 3.60. The Bertz CT molecular complexity index is 372. The van der Waals surface area contributed by atoms with Gasteiger partial charge in [-0.05, 0) is 46.1 Å². The van der Waals surface area contributed by atoms with Gasteiger partial charge in [-0.15, -0.1) is 0 Å². The van der Waals surface area contributed by atoms with Crippen LogP contribution in [0, 0.1) is 5.92 Å². The summed E-state index contributed by atoms with van der Waals surface area (Å²) in [5.41, 5.74) is 1.40. The maximum Gasteiger partial charge on any atom is 0.0820 e. The SMILES string of the molecule is Cn1ncc(Cl)c1C1CCC1CNC(C)(C)C. The first-order chi connectivity index (χ1) is 7.88. The number of hydrogen-bond donors (Lipinski definition) is 1. The van der Waals surface area contributed by atoms with Crippen LogP contribution in [0.4, 0.5) is 0 Å². The van der Waals surface area contributed by atoms with Crippen molar-refractivity contribution < 1.29 is 0 Å². The minimum atomic E-state index is 0.191. The fourth-order valence-electron chi connectivity index (χ4n) is 2.45. The van der Waals surface area contributed by atoms with Crippen LogP contribution < -0.4 is 5.32 Å². The topological polar surface area (TPSA) is 29.9 Å². The molecule has 1 fully saturated rings. The lowest BCUT2D eigenvalue weighted by atomic mass is 9.71. The third kappa shape index (κ3) is 2.83. The number of halogens is 1. The quantitative estimate of drug-likeness (QED) is 0.900. The Morgan fingerprint density at radius 1 is 1.47 bits per heavy atom. The molecule has 3 nitrogen and oxygen atoms in total. The van der Waals surface area contributed by atoms with E-state index in [2.05, 4.69) is 31.2 Å². The van der Waals surface area contributed by atoms with Crippen LogP contribution in [0.15, 0.2) is 6.20 Å². The lowest BCUT2D eigenvalue weighted by Gasteiger charge is -2.38. The Morgan fingerprint density at radius 3 is 2.59 bits per heavy atom. The van der Waals surface area contributed by atoms with Gasteiger partial charge in [0.1, 0.15) is 0 Å². The first-order valence-electron chi connectivity index (χ1n) is 6.31. The van der Waals surface area contributed by atoms with Gasteiger partial charge in [0.05, 0.1) is 16.9 Å². The molecule has 0 saturated heterocycles. The standard InChI is InChI=1S/C13H22ClN3/c1-13(2,3)15-7-9-5-6-10(9)12-11(14)8-16-17(12)4/h8-10,15H,5-7H2,1-4H3. The molecule has 4 heteroatoms. The molecule has 0 spiro atoms. The van der Waals surface area contributed by atoms with Gasteiger partial charge in [-0.1, -0.05) is 11.6 Å². The molecule has 0 aliphatic heterocycles. The lowest BCUT2D eigenvalue weighted by molar-refractivity contribution is 0.217. The fraction of sp³-hybridized carbons (Fsp3) is 0.769. The lowest BCUT2D eigenvalue weighted by Crippen LogP contribution is -2.43. The first-order valence-corrected chi connectivity index (χ1v) is 6.68. The summed E-state index contributed by atoms with van der Waals surface area (Å²) in [5, 5.41) is 8.63. The molecule has 0 bridgehead atoms. The van der Waals surface area contributed by atoms with Crippen LogP contribution in [0.2, 0.25) is 5.02 Å². The average Bonchev–Trinajstić information content (AvgIpc) is 2.46. The summed E-state index contributed by atoms with van der Waals surface area (Å²) in [6.45, 7) is 7.68. The van der Waals surface area contributed by atoms with Gasteiger partial charge in [0.15, 0.2) is 0 Å². The maximum absolute atomic E-state index is 6.20. The predicted molar refractivity (Wildman–Crippen MR) is 71.4 cm³/mol. The summed E-state index contributed by atoms with van der Waals surface area (Å²) in [6, 6.07) is 0. The van der Waals surface area contributed by atoms with Crippen molar-refractivity contribution in [2.75, 3.05) is 6.54 Å². The van der Waals surface area contributed by atoms with E-state index in [0.717, 1.165) is 11.6 Å². The zero-order valence-corrected chi connectivity index (χ0v) is 11.9. The van der Waals surface area contributed by atoms with E-state index in [1.165, 1.54) is 18.5 Å². The highest BCUT2D eigenvalue weighted by Gasteiger charge is 2.35. The highest BCUT2D eigenvalue weighted by Crippen LogP contribution is 2.44. The van der Waals surface area contributed by atoms with Crippen LogP contribution in [-0.4, -0.2) is 21.9 Å². The van der Waals surface area contributed by atoms with Crippen LogP contribution in [0.3, 0.4) is 0 Å². The van der Waals surface area contributed by atoms with Crippen LogP contribution in [0.25, 0.3) is 0 Å². The summed E-state index contributed by atoms with van der Waals surface area (Å²) in [4.78, 5) is 0. The number of rotatable bonds is 3. The molecule has 1 aromatic rings. The Kier molecular flexibility index (Phi) is 3.50. The van der Waals surface area contributed by atoms with Gasteiger partial charge in [0.25, 0.3) is 0 Å². The fourth-order valence-corrected chi connectivity index (χ4v) is 2.75. The van der Waals surface area contributed by atoms with Gasteiger partial charge in [-0.25, -0.2) is 0 Å². The second kappa shape index (κ2) is 4.62. The zero-order valence-electron chi connectivity index (χ0n) is 11.1. The Labute approximate surface area is 109 Å². The van der Waals surface area contributed by atoms with Crippen molar-refractivity contribution in [2.45, 2.75) is 45.1 Å².